The van der Waals surface area contributed by atoms with Gasteiger partial charge in [0.15, 0.2) is 5.96 Å². The second kappa shape index (κ2) is 6.09. The topological polar surface area (TPSA) is 45.7 Å². The van der Waals surface area contributed by atoms with Crippen LogP contribution in [0.4, 0.5) is 0 Å². The Balaban J connectivity index is 1.57. The molecular weight excluding hydrogens is 298 g/mol. The fourth-order valence-corrected chi connectivity index (χ4v) is 3.87. The second-order valence-corrected chi connectivity index (χ2v) is 7.18. The van der Waals surface area contributed by atoms with Gasteiger partial charge in [-0.05, 0) is 24.1 Å². The molecule has 1 aromatic carbocycles. The van der Waals surface area contributed by atoms with E-state index in [0.29, 0.717) is 18.1 Å². The standard InChI is InChI=1S/C17H24ClN3O/c1-17(2)14(13-8-9-22-15(13)17)21-16(19-3)20-10-11-4-6-12(18)7-5-11/h4-7,13-15H,8-10H2,1-3H3,(H2,19,20,21). The minimum absolute atomic E-state index is 0.152. The van der Waals surface area contributed by atoms with Gasteiger partial charge in [-0.1, -0.05) is 37.6 Å². The molecule has 1 saturated heterocycles. The van der Waals surface area contributed by atoms with Gasteiger partial charge in [0.25, 0.3) is 0 Å². The molecule has 0 amide bonds. The summed E-state index contributed by atoms with van der Waals surface area (Å²) in [5, 5.41) is 7.72. The molecule has 0 aromatic heterocycles. The summed E-state index contributed by atoms with van der Waals surface area (Å²) in [5.41, 5.74) is 1.33. The molecule has 1 aliphatic heterocycles. The summed E-state index contributed by atoms with van der Waals surface area (Å²) in [7, 11) is 1.81. The number of benzene rings is 1. The summed E-state index contributed by atoms with van der Waals surface area (Å²) in [6, 6.07) is 8.28. The molecule has 1 aliphatic carbocycles. The average Bonchev–Trinajstić information content (AvgIpc) is 2.96. The van der Waals surface area contributed by atoms with Crippen LogP contribution in [0, 0.1) is 11.3 Å². The normalized spacial score (nSPS) is 29.6. The average molecular weight is 322 g/mol. The molecule has 0 bridgehead atoms. The van der Waals surface area contributed by atoms with Crippen molar-refractivity contribution in [2.45, 2.75) is 39.0 Å². The van der Waals surface area contributed by atoms with Crippen LogP contribution in [-0.4, -0.2) is 31.8 Å². The van der Waals surface area contributed by atoms with Gasteiger partial charge in [0.2, 0.25) is 0 Å². The van der Waals surface area contributed by atoms with Crippen molar-refractivity contribution in [3.05, 3.63) is 34.9 Å². The van der Waals surface area contributed by atoms with Gasteiger partial charge in [0.1, 0.15) is 0 Å². The Morgan fingerprint density at radius 2 is 2.09 bits per heavy atom. The number of hydrogen-bond acceptors (Lipinski definition) is 2. The van der Waals surface area contributed by atoms with Crippen molar-refractivity contribution >= 4 is 17.6 Å². The van der Waals surface area contributed by atoms with Crippen LogP contribution < -0.4 is 10.6 Å². The molecule has 2 N–H and O–H groups in total. The highest BCUT2D eigenvalue weighted by molar-refractivity contribution is 6.30. The van der Waals surface area contributed by atoms with E-state index < -0.39 is 0 Å². The van der Waals surface area contributed by atoms with Crippen LogP contribution in [0.15, 0.2) is 29.3 Å². The maximum Gasteiger partial charge on any atom is 0.191 e. The molecular formula is C17H24ClN3O. The van der Waals surface area contributed by atoms with Crippen molar-refractivity contribution in [2.24, 2.45) is 16.3 Å². The van der Waals surface area contributed by atoms with E-state index in [0.717, 1.165) is 30.6 Å². The molecule has 1 heterocycles. The summed E-state index contributed by atoms with van der Waals surface area (Å²) in [5.74, 6) is 1.45. The van der Waals surface area contributed by atoms with Gasteiger partial charge in [-0.25, -0.2) is 0 Å². The van der Waals surface area contributed by atoms with Crippen molar-refractivity contribution in [3.8, 4) is 0 Å². The number of halogens is 1. The number of guanidine groups is 1. The van der Waals surface area contributed by atoms with E-state index in [1.165, 1.54) is 5.56 Å². The van der Waals surface area contributed by atoms with Gasteiger partial charge in [0.05, 0.1) is 6.10 Å². The van der Waals surface area contributed by atoms with E-state index in [1.54, 1.807) is 0 Å². The molecule has 2 aliphatic rings. The van der Waals surface area contributed by atoms with Crippen molar-refractivity contribution in [2.75, 3.05) is 13.7 Å². The Morgan fingerprint density at radius 1 is 1.36 bits per heavy atom. The zero-order valence-electron chi connectivity index (χ0n) is 13.4. The molecule has 4 nitrogen and oxygen atoms in total. The third kappa shape index (κ3) is 2.82. The maximum atomic E-state index is 5.91. The quantitative estimate of drug-likeness (QED) is 0.664. The summed E-state index contributed by atoms with van der Waals surface area (Å²) in [4.78, 5) is 4.35. The number of ether oxygens (including phenoxy) is 1. The first-order valence-corrected chi connectivity index (χ1v) is 8.23. The molecule has 22 heavy (non-hydrogen) atoms. The van der Waals surface area contributed by atoms with E-state index in [-0.39, 0.29) is 5.41 Å². The molecule has 1 saturated carbocycles. The Kier molecular flexibility index (Phi) is 4.33. The Labute approximate surface area is 137 Å². The van der Waals surface area contributed by atoms with Gasteiger partial charge in [-0.2, -0.15) is 0 Å². The van der Waals surface area contributed by atoms with Gasteiger partial charge in [-0.3, -0.25) is 4.99 Å². The van der Waals surface area contributed by atoms with Crippen LogP contribution in [0.3, 0.4) is 0 Å². The number of hydrogen-bond donors (Lipinski definition) is 2. The highest BCUT2D eigenvalue weighted by Crippen LogP contribution is 2.52. The van der Waals surface area contributed by atoms with E-state index >= 15 is 0 Å². The van der Waals surface area contributed by atoms with Gasteiger partial charge in [0, 0.05) is 42.6 Å². The van der Waals surface area contributed by atoms with Gasteiger partial charge < -0.3 is 15.4 Å². The van der Waals surface area contributed by atoms with Crippen molar-refractivity contribution < 1.29 is 4.74 Å². The summed E-state index contributed by atoms with van der Waals surface area (Å²) >= 11 is 5.91. The monoisotopic (exact) mass is 321 g/mol. The van der Waals surface area contributed by atoms with Gasteiger partial charge >= 0.3 is 0 Å². The smallest absolute Gasteiger partial charge is 0.191 e. The molecule has 1 aromatic rings. The zero-order chi connectivity index (χ0) is 15.7. The van der Waals surface area contributed by atoms with Crippen molar-refractivity contribution in [1.29, 1.82) is 0 Å². The lowest BCUT2D eigenvalue weighted by molar-refractivity contribution is -0.106. The predicted octanol–water partition coefficient (Wildman–Crippen LogP) is 2.82. The summed E-state index contributed by atoms with van der Waals surface area (Å²) in [6.07, 6.45) is 1.53. The first-order chi connectivity index (χ1) is 10.5. The number of nitrogens with one attached hydrogen (secondary N) is 2. The maximum absolute atomic E-state index is 5.91. The third-order valence-corrected chi connectivity index (χ3v) is 5.24. The summed E-state index contributed by atoms with van der Waals surface area (Å²) in [6.45, 7) is 6.15. The van der Waals surface area contributed by atoms with E-state index in [9.17, 15) is 0 Å². The lowest BCUT2D eigenvalue weighted by Crippen LogP contribution is -2.67. The first-order valence-electron chi connectivity index (χ1n) is 7.85. The molecule has 2 fully saturated rings. The lowest BCUT2D eigenvalue weighted by Gasteiger charge is -2.54. The first kappa shape index (κ1) is 15.6. The Hall–Kier alpha value is -1.26. The van der Waals surface area contributed by atoms with Crippen LogP contribution in [-0.2, 0) is 11.3 Å². The van der Waals surface area contributed by atoms with Crippen LogP contribution in [0.25, 0.3) is 0 Å². The Morgan fingerprint density at radius 3 is 2.77 bits per heavy atom. The van der Waals surface area contributed by atoms with Crippen LogP contribution >= 0.6 is 11.6 Å². The van der Waals surface area contributed by atoms with Crippen LogP contribution in [0.5, 0.6) is 0 Å². The highest BCUT2D eigenvalue weighted by atomic mass is 35.5. The third-order valence-electron chi connectivity index (χ3n) is 4.99. The van der Waals surface area contributed by atoms with Crippen molar-refractivity contribution in [3.63, 3.8) is 0 Å². The van der Waals surface area contributed by atoms with Crippen LogP contribution in [0.2, 0.25) is 5.02 Å². The van der Waals surface area contributed by atoms with E-state index in [2.05, 4.69) is 29.5 Å². The summed E-state index contributed by atoms with van der Waals surface area (Å²) < 4.78 is 5.84. The minimum Gasteiger partial charge on any atom is -0.377 e. The Bertz CT molecular complexity index is 556. The van der Waals surface area contributed by atoms with E-state index in [4.69, 9.17) is 16.3 Å². The molecule has 120 valence electrons. The van der Waals surface area contributed by atoms with E-state index in [1.807, 2.05) is 31.3 Å². The number of fused-ring (bicyclic) bond motifs is 1. The second-order valence-electron chi connectivity index (χ2n) is 6.74. The number of aliphatic imine (C=N–C) groups is 1. The lowest BCUT2D eigenvalue weighted by atomic mass is 9.57. The molecule has 0 radical (unpaired) electrons. The highest BCUT2D eigenvalue weighted by Gasteiger charge is 2.59. The number of nitrogens with zero attached hydrogens (tertiary/aromatic N) is 1. The molecule has 5 heteroatoms. The van der Waals surface area contributed by atoms with Gasteiger partial charge in [-0.15, -0.1) is 0 Å². The number of rotatable bonds is 3. The molecule has 3 unspecified atom stereocenters. The van der Waals surface area contributed by atoms with Crippen LogP contribution in [0.1, 0.15) is 25.8 Å². The molecule has 3 atom stereocenters. The molecule has 3 rings (SSSR count). The fraction of sp³-hybridized carbons (Fsp3) is 0.588. The van der Waals surface area contributed by atoms with Crippen molar-refractivity contribution in [1.82, 2.24) is 10.6 Å². The largest absolute Gasteiger partial charge is 0.377 e. The molecule has 0 spiro atoms. The SMILES string of the molecule is CN=C(NCc1ccc(Cl)cc1)NC1C2CCOC2C1(C)C. The minimum atomic E-state index is 0.152. The zero-order valence-corrected chi connectivity index (χ0v) is 14.2. The predicted molar refractivity (Wildman–Crippen MR) is 90.2 cm³/mol. The fourth-order valence-electron chi connectivity index (χ4n) is 3.75.